The molecule has 1 amide bonds. The van der Waals surface area contributed by atoms with Crippen LogP contribution in [0.3, 0.4) is 0 Å². The van der Waals surface area contributed by atoms with Crippen LogP contribution in [0.1, 0.15) is 28.0 Å². The third-order valence-electron chi connectivity index (χ3n) is 3.59. The lowest BCUT2D eigenvalue weighted by Gasteiger charge is -2.20. The second kappa shape index (κ2) is 8.08. The third-order valence-corrected chi connectivity index (χ3v) is 4.41. The van der Waals surface area contributed by atoms with E-state index in [0.717, 1.165) is 10.7 Å². The van der Waals surface area contributed by atoms with Crippen molar-refractivity contribution < 1.29 is 9.53 Å². The standard InChI is InChI=1S/C17H23N3O2S/c1-12(20(3)4)9-18-17(21)14-6-5-7-16(8-14)22-10-15-11-23-13(2)19-15/h5-8,11-12H,9-10H2,1-4H3,(H,18,21)/t12-/m1/s1. The minimum atomic E-state index is -0.0892. The normalized spacial score (nSPS) is 12.2. The molecule has 1 atom stereocenters. The summed E-state index contributed by atoms with van der Waals surface area (Å²) in [6, 6.07) is 7.50. The van der Waals surface area contributed by atoms with Gasteiger partial charge in [0.25, 0.3) is 5.91 Å². The van der Waals surface area contributed by atoms with Gasteiger partial charge in [-0.3, -0.25) is 4.79 Å². The lowest BCUT2D eigenvalue weighted by molar-refractivity contribution is 0.0943. The lowest BCUT2D eigenvalue weighted by Crippen LogP contribution is -2.38. The van der Waals surface area contributed by atoms with Crippen molar-refractivity contribution in [3.63, 3.8) is 0 Å². The minimum Gasteiger partial charge on any atom is -0.487 e. The van der Waals surface area contributed by atoms with Gasteiger partial charge in [-0.1, -0.05) is 6.07 Å². The molecule has 124 valence electrons. The molecule has 1 N–H and O–H groups in total. The molecule has 0 saturated carbocycles. The van der Waals surface area contributed by atoms with Gasteiger partial charge in [0.2, 0.25) is 0 Å². The summed E-state index contributed by atoms with van der Waals surface area (Å²) in [7, 11) is 3.98. The van der Waals surface area contributed by atoms with E-state index in [1.54, 1.807) is 23.5 Å². The maximum atomic E-state index is 12.2. The number of aryl methyl sites for hydroxylation is 1. The van der Waals surface area contributed by atoms with Crippen LogP contribution >= 0.6 is 11.3 Å². The summed E-state index contributed by atoms with van der Waals surface area (Å²) < 4.78 is 5.72. The summed E-state index contributed by atoms with van der Waals surface area (Å²) in [6.45, 7) is 5.05. The van der Waals surface area contributed by atoms with Crippen molar-refractivity contribution >= 4 is 17.2 Å². The Balaban J connectivity index is 1.92. The van der Waals surface area contributed by atoms with Crippen molar-refractivity contribution in [2.24, 2.45) is 0 Å². The van der Waals surface area contributed by atoms with Crippen LogP contribution in [0.15, 0.2) is 29.6 Å². The summed E-state index contributed by atoms with van der Waals surface area (Å²) in [5.41, 5.74) is 1.50. The molecule has 1 aromatic carbocycles. The predicted octanol–water partition coefficient (Wildman–Crippen LogP) is 2.71. The smallest absolute Gasteiger partial charge is 0.251 e. The monoisotopic (exact) mass is 333 g/mol. The molecule has 2 rings (SSSR count). The molecule has 0 spiro atoms. The van der Waals surface area contributed by atoms with E-state index in [0.29, 0.717) is 24.5 Å². The van der Waals surface area contributed by atoms with Crippen LogP contribution < -0.4 is 10.1 Å². The second-order valence-electron chi connectivity index (χ2n) is 5.70. The number of thiazole rings is 1. The number of ether oxygens (including phenoxy) is 1. The molecule has 0 aliphatic heterocycles. The van der Waals surface area contributed by atoms with E-state index in [4.69, 9.17) is 4.74 Å². The second-order valence-corrected chi connectivity index (χ2v) is 6.76. The summed E-state index contributed by atoms with van der Waals surface area (Å²) in [6.07, 6.45) is 0. The first-order chi connectivity index (χ1) is 11.0. The molecule has 6 heteroatoms. The summed E-state index contributed by atoms with van der Waals surface area (Å²) in [4.78, 5) is 18.6. The number of likely N-dealkylation sites (N-methyl/N-ethyl adjacent to an activating group) is 1. The van der Waals surface area contributed by atoms with Crippen LogP contribution in [-0.2, 0) is 6.61 Å². The molecule has 0 saturated heterocycles. The largest absolute Gasteiger partial charge is 0.487 e. The molecule has 0 aliphatic carbocycles. The van der Waals surface area contributed by atoms with Gasteiger partial charge in [0.1, 0.15) is 12.4 Å². The maximum absolute atomic E-state index is 12.2. The van der Waals surface area contributed by atoms with Gasteiger partial charge in [-0.15, -0.1) is 11.3 Å². The molecule has 0 unspecified atom stereocenters. The average molecular weight is 333 g/mol. The number of amides is 1. The van der Waals surface area contributed by atoms with E-state index in [1.165, 1.54) is 0 Å². The first kappa shape index (κ1) is 17.4. The topological polar surface area (TPSA) is 54.5 Å². The van der Waals surface area contributed by atoms with Crippen molar-refractivity contribution in [3.8, 4) is 5.75 Å². The Kier molecular flexibility index (Phi) is 6.12. The number of aromatic nitrogens is 1. The highest BCUT2D eigenvalue weighted by Gasteiger charge is 2.10. The van der Waals surface area contributed by atoms with Crippen molar-refractivity contribution in [1.82, 2.24) is 15.2 Å². The first-order valence-corrected chi connectivity index (χ1v) is 8.42. The fraction of sp³-hybridized carbons (Fsp3) is 0.412. The van der Waals surface area contributed by atoms with Gasteiger partial charge >= 0.3 is 0 Å². The number of rotatable bonds is 7. The Morgan fingerprint density at radius 1 is 1.43 bits per heavy atom. The maximum Gasteiger partial charge on any atom is 0.251 e. The number of hydrogen-bond acceptors (Lipinski definition) is 5. The molecule has 0 fully saturated rings. The van der Waals surface area contributed by atoms with E-state index < -0.39 is 0 Å². The van der Waals surface area contributed by atoms with Gasteiger partial charge in [0, 0.05) is 23.5 Å². The Hall–Kier alpha value is -1.92. The molecule has 0 bridgehead atoms. The molecule has 0 radical (unpaired) electrons. The number of nitrogens with one attached hydrogen (secondary N) is 1. The predicted molar refractivity (Wildman–Crippen MR) is 93.1 cm³/mol. The fourth-order valence-electron chi connectivity index (χ4n) is 1.88. The van der Waals surface area contributed by atoms with Crippen LogP contribution in [0.2, 0.25) is 0 Å². The van der Waals surface area contributed by atoms with E-state index >= 15 is 0 Å². The van der Waals surface area contributed by atoms with Gasteiger partial charge in [-0.2, -0.15) is 0 Å². The quantitative estimate of drug-likeness (QED) is 0.846. The third kappa shape index (κ3) is 5.33. The number of benzene rings is 1. The van der Waals surface area contributed by atoms with Crippen molar-refractivity contribution in [2.45, 2.75) is 26.5 Å². The van der Waals surface area contributed by atoms with Crippen LogP contribution in [0.25, 0.3) is 0 Å². The highest BCUT2D eigenvalue weighted by Crippen LogP contribution is 2.16. The van der Waals surface area contributed by atoms with Crippen molar-refractivity contribution in [1.29, 1.82) is 0 Å². The van der Waals surface area contributed by atoms with Crippen molar-refractivity contribution in [2.75, 3.05) is 20.6 Å². The Morgan fingerprint density at radius 2 is 2.22 bits per heavy atom. The van der Waals surface area contributed by atoms with Crippen LogP contribution in [0.5, 0.6) is 5.75 Å². The fourth-order valence-corrected chi connectivity index (χ4v) is 2.48. The molecule has 5 nitrogen and oxygen atoms in total. The number of hydrogen-bond donors (Lipinski definition) is 1. The molecule has 1 aromatic heterocycles. The van der Waals surface area contributed by atoms with E-state index in [1.807, 2.05) is 38.5 Å². The number of carbonyl (C=O) groups is 1. The number of nitrogens with zero attached hydrogens (tertiary/aromatic N) is 2. The molecule has 0 aliphatic rings. The SMILES string of the molecule is Cc1nc(COc2cccc(C(=O)NC[C@@H](C)N(C)C)c2)cs1. The van der Waals surface area contributed by atoms with Crippen LogP contribution in [-0.4, -0.2) is 42.5 Å². The zero-order valence-corrected chi connectivity index (χ0v) is 14.8. The van der Waals surface area contributed by atoms with Crippen LogP contribution in [0.4, 0.5) is 0 Å². The highest BCUT2D eigenvalue weighted by atomic mass is 32.1. The van der Waals surface area contributed by atoms with Gasteiger partial charge in [0.05, 0.1) is 10.7 Å². The van der Waals surface area contributed by atoms with Gasteiger partial charge in [0.15, 0.2) is 0 Å². The van der Waals surface area contributed by atoms with Crippen molar-refractivity contribution in [3.05, 3.63) is 45.9 Å². The lowest BCUT2D eigenvalue weighted by atomic mass is 10.2. The summed E-state index contributed by atoms with van der Waals surface area (Å²) in [5.74, 6) is 0.581. The Morgan fingerprint density at radius 3 is 2.87 bits per heavy atom. The van der Waals surface area contributed by atoms with Gasteiger partial charge in [-0.25, -0.2) is 4.98 Å². The zero-order chi connectivity index (χ0) is 16.8. The van der Waals surface area contributed by atoms with E-state index in [9.17, 15) is 4.79 Å². The molecule has 1 heterocycles. The number of carbonyl (C=O) groups excluding carboxylic acids is 1. The first-order valence-electron chi connectivity index (χ1n) is 7.54. The average Bonchev–Trinajstić information content (AvgIpc) is 2.96. The van der Waals surface area contributed by atoms with Gasteiger partial charge in [-0.05, 0) is 46.1 Å². The Bertz CT molecular complexity index is 655. The minimum absolute atomic E-state index is 0.0892. The highest BCUT2D eigenvalue weighted by molar-refractivity contribution is 7.09. The molecular weight excluding hydrogens is 310 g/mol. The molecular formula is C17H23N3O2S. The molecule has 2 aromatic rings. The summed E-state index contributed by atoms with van der Waals surface area (Å²) in [5, 5.41) is 5.94. The van der Waals surface area contributed by atoms with E-state index in [2.05, 4.69) is 22.1 Å². The van der Waals surface area contributed by atoms with Gasteiger partial charge < -0.3 is 15.0 Å². The van der Waals surface area contributed by atoms with E-state index in [-0.39, 0.29) is 11.9 Å². The molecule has 23 heavy (non-hydrogen) atoms. The Labute approximate surface area is 141 Å². The zero-order valence-electron chi connectivity index (χ0n) is 14.0. The summed E-state index contributed by atoms with van der Waals surface area (Å²) >= 11 is 1.60. The van der Waals surface area contributed by atoms with Crippen LogP contribution in [0, 0.1) is 6.92 Å².